The fourth-order valence-corrected chi connectivity index (χ4v) is 13.7. The average Bonchev–Trinajstić information content (AvgIpc) is 2.31. The molecule has 0 aromatic rings. The minimum absolute atomic E-state index is 0.839. The van der Waals surface area contributed by atoms with E-state index < -0.39 is 10.2 Å². The van der Waals surface area contributed by atoms with Crippen molar-refractivity contribution in [2.45, 2.75) is 76.3 Å². The Morgan fingerprint density at radius 3 is 1.38 bits per heavy atom. The predicted molar refractivity (Wildman–Crippen MR) is 83.6 cm³/mol. The fraction of sp³-hybridized carbons (Fsp3) is 1.00. The van der Waals surface area contributed by atoms with Crippen LogP contribution in [0.5, 0.6) is 0 Å². The van der Waals surface area contributed by atoms with Gasteiger partial charge < -0.3 is 0 Å². The van der Waals surface area contributed by atoms with Crippen LogP contribution in [0.1, 0.15) is 64.2 Å². The molecule has 0 N–H and O–H groups in total. The standard InChI is InChI=1S/C12H22N.2HI.Pt/c1-3-7-11(8-4-1)13-12-9-5-2-6-10-12;;;/h11-12H,1-10H2;2*1H;/q-1;;;+3/p-2. The molecule has 1 nitrogen and oxygen atoms in total. The molecule has 0 saturated heterocycles. The molecule has 0 aromatic carbocycles. The van der Waals surface area contributed by atoms with E-state index in [9.17, 15) is 0 Å². The van der Waals surface area contributed by atoms with Gasteiger partial charge in [-0.25, -0.2) is 0 Å². The van der Waals surface area contributed by atoms with Crippen molar-refractivity contribution >= 4 is 38.7 Å². The Morgan fingerprint density at radius 2 is 1.06 bits per heavy atom. The van der Waals surface area contributed by atoms with Gasteiger partial charge in [0.2, 0.25) is 0 Å². The summed E-state index contributed by atoms with van der Waals surface area (Å²) in [6.07, 6.45) is 14.9. The van der Waals surface area contributed by atoms with Gasteiger partial charge in [0.25, 0.3) is 0 Å². The Labute approximate surface area is 127 Å². The zero-order valence-electron chi connectivity index (χ0n) is 9.75. The van der Waals surface area contributed by atoms with Gasteiger partial charge in [0, 0.05) is 0 Å². The van der Waals surface area contributed by atoms with Gasteiger partial charge in [0.1, 0.15) is 0 Å². The molecule has 0 bridgehead atoms. The molecule has 0 unspecified atom stereocenters. The summed E-state index contributed by atoms with van der Waals surface area (Å²) in [5.41, 5.74) is 0. The Morgan fingerprint density at radius 1 is 0.688 bits per heavy atom. The fourth-order valence-electron chi connectivity index (χ4n) is 3.10. The van der Waals surface area contributed by atoms with Crippen LogP contribution in [0, 0.1) is 0 Å². The van der Waals surface area contributed by atoms with Crippen molar-refractivity contribution in [1.29, 1.82) is 0 Å². The molecule has 0 spiro atoms. The van der Waals surface area contributed by atoms with Gasteiger partial charge in [-0.3, -0.25) is 0 Å². The number of halogens is 2. The van der Waals surface area contributed by atoms with Crippen LogP contribution >= 0.6 is 38.7 Å². The van der Waals surface area contributed by atoms with Gasteiger partial charge in [-0.15, -0.1) is 0 Å². The van der Waals surface area contributed by atoms with Crippen molar-refractivity contribution in [3.63, 3.8) is 0 Å². The van der Waals surface area contributed by atoms with E-state index >= 15 is 0 Å². The van der Waals surface area contributed by atoms with Gasteiger partial charge in [0.05, 0.1) is 0 Å². The maximum absolute atomic E-state index is 3.02. The van der Waals surface area contributed by atoms with Crippen LogP contribution in [0.2, 0.25) is 0 Å². The third-order valence-electron chi connectivity index (χ3n) is 3.93. The van der Waals surface area contributed by atoms with Crippen LogP contribution in [-0.2, 0) is 10.2 Å². The molecule has 0 aliphatic heterocycles. The van der Waals surface area contributed by atoms with Crippen molar-refractivity contribution in [2.24, 2.45) is 0 Å². The summed E-state index contributed by atoms with van der Waals surface area (Å²) >= 11 is 5.56. The summed E-state index contributed by atoms with van der Waals surface area (Å²) in [6, 6.07) is 1.94. The molecule has 16 heavy (non-hydrogen) atoms. The first-order valence-electron chi connectivity index (χ1n) is 6.53. The molecule has 2 aliphatic rings. The molecule has 99 valence electrons. The zero-order valence-corrected chi connectivity index (χ0v) is 16.3. The van der Waals surface area contributed by atoms with Gasteiger partial charge in [-0.2, -0.15) is 0 Å². The second-order valence-electron chi connectivity index (χ2n) is 5.05. The molecule has 0 amide bonds. The van der Waals surface area contributed by atoms with E-state index in [0.717, 1.165) is 12.1 Å². The SMILES string of the molecule is [I][Pt]([I])[N](C1CCCCC1)C1CCCCC1. The molecule has 0 aromatic heterocycles. The van der Waals surface area contributed by atoms with Crippen LogP contribution in [0.25, 0.3) is 0 Å². The van der Waals surface area contributed by atoms with Crippen LogP contribution in [0.3, 0.4) is 0 Å². The molecule has 2 aliphatic carbocycles. The van der Waals surface area contributed by atoms with Gasteiger partial charge in [-0.05, 0) is 0 Å². The van der Waals surface area contributed by atoms with E-state index in [2.05, 4.69) is 42.2 Å². The molecular formula is C12H22I2NPt. The monoisotopic (exact) mass is 629 g/mol. The summed E-state index contributed by atoms with van der Waals surface area (Å²) in [4.78, 5) is 0. The summed E-state index contributed by atoms with van der Waals surface area (Å²) in [5.74, 6) is 0. The van der Waals surface area contributed by atoms with Gasteiger partial charge >= 0.3 is 129 Å². The van der Waals surface area contributed by atoms with E-state index in [1.54, 1.807) is 0 Å². The number of hydrogen-bond acceptors (Lipinski definition) is 1. The molecule has 0 atom stereocenters. The molecular weight excluding hydrogens is 607 g/mol. The van der Waals surface area contributed by atoms with Crippen LogP contribution in [0.4, 0.5) is 0 Å². The summed E-state index contributed by atoms with van der Waals surface area (Å²) in [5, 5.41) is 0. The third-order valence-corrected chi connectivity index (χ3v) is 12.2. The molecule has 2 rings (SSSR count). The summed E-state index contributed by atoms with van der Waals surface area (Å²) in [6.45, 7) is 0. The maximum atomic E-state index is 3.02. The Bertz CT molecular complexity index is 183. The molecule has 0 radical (unpaired) electrons. The zero-order chi connectivity index (χ0) is 11.4. The molecule has 0 heterocycles. The van der Waals surface area contributed by atoms with E-state index in [-0.39, 0.29) is 0 Å². The topological polar surface area (TPSA) is 3.24 Å². The van der Waals surface area contributed by atoms with Gasteiger partial charge in [-0.1, -0.05) is 0 Å². The van der Waals surface area contributed by atoms with E-state index in [4.69, 9.17) is 0 Å². The van der Waals surface area contributed by atoms with E-state index in [0.29, 0.717) is 0 Å². The predicted octanol–water partition coefficient (Wildman–Crippen LogP) is 5.19. The molecule has 2 fully saturated rings. The van der Waals surface area contributed by atoms with Crippen molar-refractivity contribution < 1.29 is 10.2 Å². The second-order valence-corrected chi connectivity index (χ2v) is 28.6. The van der Waals surface area contributed by atoms with Crippen molar-refractivity contribution in [3.8, 4) is 0 Å². The van der Waals surface area contributed by atoms with E-state index in [1.165, 1.54) is 64.2 Å². The normalized spacial score (nSPS) is 26.1. The van der Waals surface area contributed by atoms with Crippen molar-refractivity contribution in [2.75, 3.05) is 0 Å². The summed E-state index contributed by atoms with van der Waals surface area (Å²) in [7, 11) is -0.839. The van der Waals surface area contributed by atoms with Crippen LogP contribution < -0.4 is 0 Å². The Kier molecular flexibility index (Phi) is 6.93. The first-order valence-corrected chi connectivity index (χ1v) is 20.4. The van der Waals surface area contributed by atoms with Gasteiger partial charge in [0.15, 0.2) is 0 Å². The van der Waals surface area contributed by atoms with Crippen molar-refractivity contribution in [3.05, 3.63) is 0 Å². The first kappa shape index (κ1) is 14.5. The van der Waals surface area contributed by atoms with E-state index in [1.807, 2.05) is 0 Å². The number of nitrogens with zero attached hydrogens (tertiary/aromatic N) is 1. The molecule has 2 saturated carbocycles. The Balaban J connectivity index is 1.96. The average molecular weight is 629 g/mol. The third kappa shape index (κ3) is 4.06. The minimum atomic E-state index is -0.839. The quantitative estimate of drug-likeness (QED) is 0.389. The van der Waals surface area contributed by atoms with Crippen LogP contribution in [-0.4, -0.2) is 15.5 Å². The first-order chi connectivity index (χ1) is 7.79. The van der Waals surface area contributed by atoms with Crippen molar-refractivity contribution in [1.82, 2.24) is 3.46 Å². The number of rotatable bonds is 3. The second kappa shape index (κ2) is 7.64. The number of hydrogen-bond donors (Lipinski definition) is 0. The Hall–Kier alpha value is 2.11. The van der Waals surface area contributed by atoms with Crippen LogP contribution in [0.15, 0.2) is 0 Å². The molecule has 4 heteroatoms. The summed E-state index contributed by atoms with van der Waals surface area (Å²) < 4.78 is 3.02.